The van der Waals surface area contributed by atoms with Crippen molar-refractivity contribution in [1.29, 1.82) is 0 Å². The number of carbonyl (C=O) groups is 1. The van der Waals surface area contributed by atoms with Gasteiger partial charge in [0.1, 0.15) is 0 Å². The topological polar surface area (TPSA) is 82.0 Å². The highest BCUT2D eigenvalue weighted by atomic mass is 32.2. The van der Waals surface area contributed by atoms with Crippen LogP contribution in [0.2, 0.25) is 0 Å². The highest BCUT2D eigenvalue weighted by Gasteiger charge is 2.45. The van der Waals surface area contributed by atoms with Gasteiger partial charge >= 0.3 is 6.03 Å². The molecule has 32 heavy (non-hydrogen) atoms. The van der Waals surface area contributed by atoms with Gasteiger partial charge in [0.05, 0.1) is 0 Å². The number of amides is 2. The number of hydrogen-bond acceptors (Lipinski definition) is 4. The predicted octanol–water partition coefficient (Wildman–Crippen LogP) is 3.19. The third-order valence-corrected chi connectivity index (χ3v) is 6.72. The van der Waals surface area contributed by atoms with E-state index in [9.17, 15) is 35.2 Å². The molecule has 2 saturated heterocycles. The van der Waals surface area contributed by atoms with E-state index in [4.69, 9.17) is 4.84 Å². The number of urea groups is 1. The lowest BCUT2D eigenvalue weighted by atomic mass is 10.1. The molecule has 172 valence electrons. The molecule has 0 bridgehead atoms. The quantitative estimate of drug-likeness (QED) is 0.318. The van der Waals surface area contributed by atoms with Crippen LogP contribution in [0.15, 0.2) is 35.2 Å². The van der Waals surface area contributed by atoms with Gasteiger partial charge < -0.3 is 4.90 Å². The Bertz CT molecular complexity index is 1130. The van der Waals surface area contributed by atoms with Crippen LogP contribution in [0.1, 0.15) is 24.6 Å². The van der Waals surface area contributed by atoms with E-state index in [1.165, 1.54) is 4.90 Å². The molecule has 1 unspecified atom stereocenters. The number of hydroxylamine groups is 2. The molecular formula is C19H16F5N3O4S. The van der Waals surface area contributed by atoms with Gasteiger partial charge in [-0.05, 0) is 12.8 Å². The van der Waals surface area contributed by atoms with Crippen molar-refractivity contribution in [3.8, 4) is 0 Å². The Morgan fingerprint density at radius 2 is 1.44 bits per heavy atom. The fraction of sp³-hybridized carbons (Fsp3) is 0.316. The van der Waals surface area contributed by atoms with Crippen LogP contribution in [0.3, 0.4) is 0 Å². The molecule has 2 aliphatic rings. The lowest BCUT2D eigenvalue weighted by Crippen LogP contribution is -2.47. The zero-order valence-corrected chi connectivity index (χ0v) is 17.0. The summed E-state index contributed by atoms with van der Waals surface area (Å²) in [5.41, 5.74) is 0.784. The van der Waals surface area contributed by atoms with Crippen molar-refractivity contribution in [3.05, 3.63) is 65.0 Å². The van der Waals surface area contributed by atoms with Gasteiger partial charge in [-0.15, -0.1) is 0 Å². The SMILES string of the molecule is O=C(N1CCC(NS(=O)(=O)c2c(F)c(F)c(F)c(F)c2F)CC1)N1OC1c1ccccc1. The maximum absolute atomic E-state index is 13.9. The van der Waals surface area contributed by atoms with Crippen molar-refractivity contribution in [2.24, 2.45) is 0 Å². The van der Waals surface area contributed by atoms with Gasteiger partial charge in [-0.25, -0.2) is 44.7 Å². The summed E-state index contributed by atoms with van der Waals surface area (Å²) >= 11 is 0. The summed E-state index contributed by atoms with van der Waals surface area (Å²) in [5, 5.41) is 1.16. The lowest BCUT2D eigenvalue weighted by Gasteiger charge is -2.31. The number of piperidine rings is 1. The number of hydrogen-bond donors (Lipinski definition) is 1. The molecule has 2 amide bonds. The third kappa shape index (κ3) is 4.02. The second-order valence-corrected chi connectivity index (χ2v) is 8.91. The normalized spacial score (nSPS) is 19.3. The summed E-state index contributed by atoms with van der Waals surface area (Å²) in [4.78, 5) is 17.3. The molecule has 2 aromatic rings. The van der Waals surface area contributed by atoms with Gasteiger partial charge in [0.15, 0.2) is 28.2 Å². The van der Waals surface area contributed by atoms with Gasteiger partial charge in [-0.1, -0.05) is 30.3 Å². The number of nitrogens with one attached hydrogen (secondary N) is 1. The Labute approximate surface area is 179 Å². The van der Waals surface area contributed by atoms with Crippen LogP contribution in [0.5, 0.6) is 0 Å². The number of nitrogens with zero attached hydrogens (tertiary/aromatic N) is 2. The number of carbonyl (C=O) groups excluding carboxylic acids is 1. The zero-order chi connectivity index (χ0) is 23.2. The van der Waals surface area contributed by atoms with Crippen molar-refractivity contribution in [1.82, 2.24) is 14.7 Å². The molecule has 0 spiro atoms. The molecule has 0 aromatic heterocycles. The summed E-state index contributed by atoms with van der Waals surface area (Å²) in [6, 6.07) is 7.68. The van der Waals surface area contributed by atoms with Crippen molar-refractivity contribution >= 4 is 16.1 Å². The van der Waals surface area contributed by atoms with Crippen LogP contribution < -0.4 is 4.72 Å². The Hall–Kier alpha value is -2.77. The second-order valence-electron chi connectivity index (χ2n) is 7.26. The first-order valence-electron chi connectivity index (χ1n) is 9.45. The molecule has 2 fully saturated rings. The van der Waals surface area contributed by atoms with Gasteiger partial charge in [-0.3, -0.25) is 0 Å². The standard InChI is InChI=1S/C19H16F5N3O4S/c20-12-13(21)15(23)17(16(24)14(12)22)32(29,30)25-11-6-8-26(9-7-11)19(28)27-18(31-27)10-4-2-1-3-5-10/h1-5,11,18,25H,6-9H2. The molecule has 2 aliphatic heterocycles. The van der Waals surface area contributed by atoms with Crippen molar-refractivity contribution < 1.29 is 40.0 Å². The van der Waals surface area contributed by atoms with E-state index in [-0.39, 0.29) is 25.9 Å². The molecular weight excluding hydrogens is 461 g/mol. The van der Waals surface area contributed by atoms with E-state index < -0.39 is 62.3 Å². The van der Waals surface area contributed by atoms with Crippen molar-refractivity contribution in [3.63, 3.8) is 0 Å². The summed E-state index contributed by atoms with van der Waals surface area (Å²) in [7, 11) is -5.05. The molecule has 4 rings (SSSR count). The van der Waals surface area contributed by atoms with E-state index in [1.807, 2.05) is 10.8 Å². The smallest absolute Gasteiger partial charge is 0.323 e. The van der Waals surface area contributed by atoms with E-state index in [0.717, 1.165) is 10.6 Å². The highest BCUT2D eigenvalue weighted by molar-refractivity contribution is 7.89. The molecule has 2 aromatic carbocycles. The number of sulfonamides is 1. The van der Waals surface area contributed by atoms with E-state index in [1.54, 1.807) is 24.3 Å². The Morgan fingerprint density at radius 1 is 0.906 bits per heavy atom. The van der Waals surface area contributed by atoms with Crippen LogP contribution >= 0.6 is 0 Å². The second kappa shape index (κ2) is 8.30. The molecule has 13 heteroatoms. The number of rotatable bonds is 4. The first-order valence-corrected chi connectivity index (χ1v) is 10.9. The first-order chi connectivity index (χ1) is 15.1. The predicted molar refractivity (Wildman–Crippen MR) is 98.7 cm³/mol. The number of benzene rings is 2. The highest BCUT2D eigenvalue weighted by Crippen LogP contribution is 2.38. The molecule has 0 radical (unpaired) electrons. The van der Waals surface area contributed by atoms with E-state index >= 15 is 0 Å². The molecule has 1 N–H and O–H groups in total. The minimum atomic E-state index is -5.05. The maximum atomic E-state index is 13.9. The monoisotopic (exact) mass is 477 g/mol. The number of likely N-dealkylation sites (tertiary alicyclic amines) is 1. The molecule has 1 atom stereocenters. The van der Waals surface area contributed by atoms with E-state index in [0.29, 0.717) is 0 Å². The maximum Gasteiger partial charge on any atom is 0.346 e. The third-order valence-electron chi connectivity index (χ3n) is 5.18. The van der Waals surface area contributed by atoms with Crippen LogP contribution in [0.4, 0.5) is 26.7 Å². The Morgan fingerprint density at radius 3 is 2.00 bits per heavy atom. The van der Waals surface area contributed by atoms with Crippen LogP contribution in [0, 0.1) is 29.1 Å². The first kappa shape index (κ1) is 22.4. The van der Waals surface area contributed by atoms with Crippen molar-refractivity contribution in [2.75, 3.05) is 13.1 Å². The number of halogens is 5. The lowest BCUT2D eigenvalue weighted by molar-refractivity contribution is 0.126. The summed E-state index contributed by atoms with van der Waals surface area (Å²) in [5.74, 6) is -12.0. The molecule has 7 nitrogen and oxygen atoms in total. The average molecular weight is 477 g/mol. The molecule has 2 heterocycles. The van der Waals surface area contributed by atoms with Gasteiger partial charge in [-0.2, -0.15) is 5.06 Å². The summed E-state index contributed by atoms with van der Waals surface area (Å²) < 4.78 is 94.3. The zero-order valence-electron chi connectivity index (χ0n) is 16.2. The summed E-state index contributed by atoms with van der Waals surface area (Å²) in [6.07, 6.45) is -0.400. The average Bonchev–Trinajstić information content (AvgIpc) is 3.58. The van der Waals surface area contributed by atoms with Crippen LogP contribution in [-0.4, -0.2) is 43.5 Å². The molecule has 0 saturated carbocycles. The van der Waals surface area contributed by atoms with Gasteiger partial charge in [0.2, 0.25) is 22.1 Å². The minimum absolute atomic E-state index is 0.0597. The van der Waals surface area contributed by atoms with Crippen LogP contribution in [0.25, 0.3) is 0 Å². The fourth-order valence-corrected chi connectivity index (χ4v) is 4.91. The van der Waals surface area contributed by atoms with Crippen LogP contribution in [-0.2, 0) is 14.9 Å². The van der Waals surface area contributed by atoms with Gasteiger partial charge in [0.25, 0.3) is 0 Å². The fourth-order valence-electron chi connectivity index (χ4n) is 3.47. The molecule has 0 aliphatic carbocycles. The summed E-state index contributed by atoms with van der Waals surface area (Å²) in [6.45, 7) is 0.176. The Balaban J connectivity index is 1.39. The minimum Gasteiger partial charge on any atom is -0.323 e. The Kier molecular flexibility index (Phi) is 5.81. The largest absolute Gasteiger partial charge is 0.346 e. The van der Waals surface area contributed by atoms with Gasteiger partial charge in [0, 0.05) is 24.7 Å². The van der Waals surface area contributed by atoms with E-state index in [2.05, 4.69) is 0 Å². The van der Waals surface area contributed by atoms with Crippen molar-refractivity contribution in [2.45, 2.75) is 30.0 Å².